The number of benzene rings is 3. The smallest absolute Gasteiger partial charge is 0.255 e. The first-order valence-corrected chi connectivity index (χ1v) is 14.7. The summed E-state index contributed by atoms with van der Waals surface area (Å²) in [7, 11) is 2.16. The lowest BCUT2D eigenvalue weighted by atomic mass is 10.1. The standard InChI is InChI=1S/C32H33N7OS/c1-22-4-5-24(21-39-16-14-38(2)15-17-39)18-28(22)36-31(40)26-10-12-27(13-11-26)35-32-34-20-29(41-3)30(37-32)25-8-6-23(19-33)7-9-25/h4-13,18,20H,14-17,21H2,1-3H3,(H,36,40)(H,34,35,37). The number of anilines is 3. The SMILES string of the molecule is CSc1cnc(Nc2ccc(C(=O)Nc3cc(CN4CCN(C)CC4)ccc3C)cc2)nc1-c1ccc(C#N)cc1. The van der Waals surface area contributed by atoms with Gasteiger partial charge in [-0.05, 0) is 73.8 Å². The summed E-state index contributed by atoms with van der Waals surface area (Å²) in [6, 6.07) is 23.1. The van der Waals surface area contributed by atoms with E-state index in [0.717, 1.165) is 65.8 Å². The average Bonchev–Trinajstić information content (AvgIpc) is 3.00. The molecule has 208 valence electrons. The number of carbonyl (C=O) groups is 1. The number of hydrogen-bond donors (Lipinski definition) is 2. The van der Waals surface area contributed by atoms with E-state index in [1.807, 2.05) is 37.4 Å². The maximum atomic E-state index is 13.1. The first kappa shape index (κ1) is 28.3. The van der Waals surface area contributed by atoms with Crippen molar-refractivity contribution in [2.75, 3.05) is 50.1 Å². The molecule has 2 heterocycles. The van der Waals surface area contributed by atoms with Crippen LogP contribution >= 0.6 is 11.8 Å². The number of nitriles is 1. The Hall–Kier alpha value is -4.23. The number of piperazine rings is 1. The number of carbonyl (C=O) groups excluding carboxylic acids is 1. The third-order valence-electron chi connectivity index (χ3n) is 7.22. The lowest BCUT2D eigenvalue weighted by molar-refractivity contribution is 0.102. The van der Waals surface area contributed by atoms with Gasteiger partial charge in [0.2, 0.25) is 5.95 Å². The number of amides is 1. The van der Waals surface area contributed by atoms with Gasteiger partial charge in [-0.2, -0.15) is 5.26 Å². The Labute approximate surface area is 245 Å². The Kier molecular flexibility index (Phi) is 8.95. The van der Waals surface area contributed by atoms with Gasteiger partial charge >= 0.3 is 0 Å². The molecule has 0 spiro atoms. The van der Waals surface area contributed by atoms with Crippen LogP contribution < -0.4 is 10.6 Å². The molecule has 1 fully saturated rings. The number of likely N-dealkylation sites (N-methyl/N-ethyl adjacent to an activating group) is 1. The Morgan fingerprint density at radius 2 is 1.76 bits per heavy atom. The van der Waals surface area contributed by atoms with Crippen molar-refractivity contribution in [2.24, 2.45) is 0 Å². The Bertz CT molecular complexity index is 1560. The minimum atomic E-state index is -0.153. The van der Waals surface area contributed by atoms with E-state index in [4.69, 9.17) is 10.2 Å². The molecule has 9 heteroatoms. The van der Waals surface area contributed by atoms with E-state index in [0.29, 0.717) is 17.1 Å². The van der Waals surface area contributed by atoms with Crippen LogP contribution in [-0.4, -0.2) is 65.2 Å². The van der Waals surface area contributed by atoms with Crippen molar-refractivity contribution >= 4 is 35.0 Å². The predicted octanol–water partition coefficient (Wildman–Crippen LogP) is 5.79. The van der Waals surface area contributed by atoms with E-state index in [1.54, 1.807) is 42.2 Å². The van der Waals surface area contributed by atoms with E-state index in [-0.39, 0.29) is 5.91 Å². The van der Waals surface area contributed by atoms with Gasteiger partial charge in [-0.3, -0.25) is 9.69 Å². The van der Waals surface area contributed by atoms with Crippen LogP contribution in [0.5, 0.6) is 0 Å². The Balaban J connectivity index is 1.25. The fourth-order valence-corrected chi connectivity index (χ4v) is 5.20. The van der Waals surface area contributed by atoms with Gasteiger partial charge in [0.25, 0.3) is 5.91 Å². The maximum absolute atomic E-state index is 13.1. The molecule has 0 atom stereocenters. The van der Waals surface area contributed by atoms with Gasteiger partial charge in [0.15, 0.2) is 0 Å². The highest BCUT2D eigenvalue weighted by molar-refractivity contribution is 7.98. The van der Waals surface area contributed by atoms with Crippen molar-refractivity contribution in [2.45, 2.75) is 18.4 Å². The van der Waals surface area contributed by atoms with Crippen molar-refractivity contribution in [3.63, 3.8) is 0 Å². The molecule has 0 saturated carbocycles. The molecule has 0 radical (unpaired) electrons. The van der Waals surface area contributed by atoms with Crippen molar-refractivity contribution in [3.8, 4) is 17.3 Å². The van der Waals surface area contributed by atoms with E-state index < -0.39 is 0 Å². The number of aryl methyl sites for hydroxylation is 1. The van der Waals surface area contributed by atoms with Crippen LogP contribution in [0, 0.1) is 18.3 Å². The number of nitrogens with one attached hydrogen (secondary N) is 2. The molecule has 2 N–H and O–H groups in total. The second kappa shape index (κ2) is 13.0. The molecule has 8 nitrogen and oxygen atoms in total. The summed E-state index contributed by atoms with van der Waals surface area (Å²) in [4.78, 5) is 28.0. The first-order valence-electron chi connectivity index (χ1n) is 13.5. The zero-order valence-electron chi connectivity index (χ0n) is 23.5. The predicted molar refractivity (Wildman–Crippen MR) is 166 cm³/mol. The van der Waals surface area contributed by atoms with Crippen molar-refractivity contribution in [3.05, 3.63) is 95.2 Å². The summed E-state index contributed by atoms with van der Waals surface area (Å²) in [6.45, 7) is 7.15. The molecule has 1 aliphatic rings. The number of rotatable bonds is 8. The largest absolute Gasteiger partial charge is 0.324 e. The van der Waals surface area contributed by atoms with Gasteiger partial charge in [0.1, 0.15) is 0 Å². The molecular formula is C32H33N7OS. The second-order valence-electron chi connectivity index (χ2n) is 10.2. The van der Waals surface area contributed by atoms with Crippen LogP contribution in [0.2, 0.25) is 0 Å². The number of nitrogens with zero attached hydrogens (tertiary/aromatic N) is 5. The van der Waals surface area contributed by atoms with Gasteiger partial charge in [0, 0.05) is 61.4 Å². The second-order valence-corrected chi connectivity index (χ2v) is 11.0. The molecule has 3 aromatic carbocycles. The molecule has 4 aromatic rings. The maximum Gasteiger partial charge on any atom is 0.255 e. The highest BCUT2D eigenvalue weighted by Gasteiger charge is 2.15. The third kappa shape index (κ3) is 7.11. The van der Waals surface area contributed by atoms with Crippen LogP contribution in [0.15, 0.2) is 77.8 Å². The highest BCUT2D eigenvalue weighted by Crippen LogP contribution is 2.30. The van der Waals surface area contributed by atoms with Gasteiger partial charge in [-0.1, -0.05) is 24.3 Å². The van der Waals surface area contributed by atoms with Gasteiger partial charge in [0.05, 0.1) is 22.2 Å². The lowest BCUT2D eigenvalue weighted by Gasteiger charge is -2.32. The van der Waals surface area contributed by atoms with Crippen LogP contribution in [0.25, 0.3) is 11.3 Å². The molecule has 0 unspecified atom stereocenters. The number of aromatic nitrogens is 2. The first-order chi connectivity index (χ1) is 19.9. The van der Waals surface area contributed by atoms with Crippen molar-refractivity contribution in [1.29, 1.82) is 5.26 Å². The molecule has 1 saturated heterocycles. The minimum absolute atomic E-state index is 0.153. The third-order valence-corrected chi connectivity index (χ3v) is 7.96. The van der Waals surface area contributed by atoms with E-state index in [9.17, 15) is 4.79 Å². The average molecular weight is 564 g/mol. The molecular weight excluding hydrogens is 530 g/mol. The van der Waals surface area contributed by atoms with Crippen LogP contribution in [0.1, 0.15) is 27.0 Å². The van der Waals surface area contributed by atoms with Crippen LogP contribution in [0.4, 0.5) is 17.3 Å². The zero-order chi connectivity index (χ0) is 28.8. The lowest BCUT2D eigenvalue weighted by Crippen LogP contribution is -2.43. The summed E-state index contributed by atoms with van der Waals surface area (Å²) in [5.41, 5.74) is 6.71. The van der Waals surface area contributed by atoms with E-state index >= 15 is 0 Å². The monoisotopic (exact) mass is 563 g/mol. The Morgan fingerprint density at radius 1 is 1.02 bits per heavy atom. The molecule has 1 amide bonds. The molecule has 1 aromatic heterocycles. The van der Waals surface area contributed by atoms with E-state index in [1.165, 1.54) is 5.56 Å². The normalized spacial score (nSPS) is 13.9. The molecule has 41 heavy (non-hydrogen) atoms. The molecule has 0 bridgehead atoms. The molecule has 0 aliphatic carbocycles. The summed E-state index contributed by atoms with van der Waals surface area (Å²) in [6.07, 6.45) is 3.77. The van der Waals surface area contributed by atoms with Crippen LogP contribution in [0.3, 0.4) is 0 Å². The number of hydrogen-bond acceptors (Lipinski definition) is 8. The van der Waals surface area contributed by atoms with Crippen molar-refractivity contribution < 1.29 is 4.79 Å². The summed E-state index contributed by atoms with van der Waals surface area (Å²) < 4.78 is 0. The van der Waals surface area contributed by atoms with Crippen molar-refractivity contribution in [1.82, 2.24) is 19.8 Å². The highest BCUT2D eigenvalue weighted by atomic mass is 32.2. The topological polar surface area (TPSA) is 97.2 Å². The number of thioether (sulfide) groups is 1. The summed E-state index contributed by atoms with van der Waals surface area (Å²) >= 11 is 1.57. The molecule has 1 aliphatic heterocycles. The van der Waals surface area contributed by atoms with Gasteiger partial charge < -0.3 is 15.5 Å². The van der Waals surface area contributed by atoms with Gasteiger partial charge in [-0.15, -0.1) is 11.8 Å². The summed E-state index contributed by atoms with van der Waals surface area (Å²) in [5.74, 6) is 0.298. The summed E-state index contributed by atoms with van der Waals surface area (Å²) in [5, 5.41) is 15.4. The minimum Gasteiger partial charge on any atom is -0.324 e. The fourth-order valence-electron chi connectivity index (χ4n) is 4.68. The fraction of sp³-hybridized carbons (Fsp3) is 0.250. The Morgan fingerprint density at radius 3 is 2.44 bits per heavy atom. The van der Waals surface area contributed by atoms with Crippen LogP contribution in [-0.2, 0) is 6.54 Å². The zero-order valence-corrected chi connectivity index (χ0v) is 24.3. The van der Waals surface area contributed by atoms with E-state index in [2.05, 4.69) is 56.7 Å². The quantitative estimate of drug-likeness (QED) is 0.260. The molecule has 5 rings (SSSR count). The van der Waals surface area contributed by atoms with Gasteiger partial charge in [-0.25, -0.2) is 9.97 Å².